The summed E-state index contributed by atoms with van der Waals surface area (Å²) in [6.07, 6.45) is 0. The third-order valence-electron chi connectivity index (χ3n) is 5.90. The molecule has 30 heavy (non-hydrogen) atoms. The van der Waals surface area contributed by atoms with Crippen molar-refractivity contribution in [1.82, 2.24) is 9.80 Å². The van der Waals surface area contributed by atoms with Crippen molar-refractivity contribution in [3.8, 4) is 0 Å². The van der Waals surface area contributed by atoms with Gasteiger partial charge < -0.3 is 4.90 Å². The molecule has 3 aromatic carbocycles. The molecule has 3 aromatic rings. The van der Waals surface area contributed by atoms with E-state index in [0.29, 0.717) is 24.2 Å². The maximum absolute atomic E-state index is 13.0. The highest BCUT2D eigenvalue weighted by atomic mass is 16.6. The van der Waals surface area contributed by atoms with Gasteiger partial charge in [-0.2, -0.15) is 0 Å². The monoisotopic (exact) mass is 403 g/mol. The van der Waals surface area contributed by atoms with Gasteiger partial charge in [-0.15, -0.1) is 0 Å². The van der Waals surface area contributed by atoms with Gasteiger partial charge in [-0.05, 0) is 41.8 Å². The van der Waals surface area contributed by atoms with Gasteiger partial charge in [0.25, 0.3) is 11.6 Å². The van der Waals surface area contributed by atoms with Gasteiger partial charge in [0, 0.05) is 49.9 Å². The molecule has 1 fully saturated rings. The number of amides is 1. The number of fused-ring (bicyclic) bond motifs is 1. The van der Waals surface area contributed by atoms with Crippen molar-refractivity contribution in [2.24, 2.45) is 0 Å². The van der Waals surface area contributed by atoms with Crippen LogP contribution in [0.1, 0.15) is 27.0 Å². The molecule has 1 saturated heterocycles. The molecule has 6 nitrogen and oxygen atoms in total. The van der Waals surface area contributed by atoms with Crippen molar-refractivity contribution in [1.29, 1.82) is 0 Å². The maximum atomic E-state index is 13.0. The average molecular weight is 403 g/mol. The van der Waals surface area contributed by atoms with E-state index in [2.05, 4.69) is 41.3 Å². The third kappa shape index (κ3) is 3.91. The molecule has 0 radical (unpaired) electrons. The van der Waals surface area contributed by atoms with Gasteiger partial charge in [-0.3, -0.25) is 19.8 Å². The Hall–Kier alpha value is -3.25. The van der Waals surface area contributed by atoms with Crippen LogP contribution in [-0.4, -0.2) is 46.8 Å². The van der Waals surface area contributed by atoms with Gasteiger partial charge in [-0.1, -0.05) is 42.5 Å². The molecule has 0 saturated carbocycles. The second kappa shape index (κ2) is 8.24. The Morgan fingerprint density at radius 3 is 2.40 bits per heavy atom. The Kier molecular flexibility index (Phi) is 5.50. The first-order valence-corrected chi connectivity index (χ1v) is 10.2. The van der Waals surface area contributed by atoms with Crippen molar-refractivity contribution in [3.63, 3.8) is 0 Å². The van der Waals surface area contributed by atoms with Crippen molar-refractivity contribution in [3.05, 3.63) is 87.0 Å². The van der Waals surface area contributed by atoms with E-state index in [4.69, 9.17) is 0 Å². The lowest BCUT2D eigenvalue weighted by molar-refractivity contribution is -0.385. The van der Waals surface area contributed by atoms with E-state index in [0.717, 1.165) is 25.2 Å². The van der Waals surface area contributed by atoms with Gasteiger partial charge in [0.05, 0.1) is 4.92 Å². The van der Waals surface area contributed by atoms with Crippen molar-refractivity contribution in [2.45, 2.75) is 20.4 Å². The fourth-order valence-corrected chi connectivity index (χ4v) is 4.22. The zero-order chi connectivity index (χ0) is 21.3. The second-order valence-electron chi connectivity index (χ2n) is 7.92. The van der Waals surface area contributed by atoms with Gasteiger partial charge in [0.1, 0.15) is 0 Å². The summed E-state index contributed by atoms with van der Waals surface area (Å²) in [5, 5.41) is 13.8. The maximum Gasteiger partial charge on any atom is 0.273 e. The Morgan fingerprint density at radius 2 is 1.67 bits per heavy atom. The van der Waals surface area contributed by atoms with Crippen LogP contribution in [-0.2, 0) is 6.54 Å². The minimum absolute atomic E-state index is 0.00135. The molecule has 0 unspecified atom stereocenters. The largest absolute Gasteiger partial charge is 0.336 e. The molecule has 154 valence electrons. The lowest BCUT2D eigenvalue weighted by atomic mass is 10.0. The molecule has 0 bridgehead atoms. The van der Waals surface area contributed by atoms with Gasteiger partial charge >= 0.3 is 0 Å². The van der Waals surface area contributed by atoms with E-state index in [1.807, 2.05) is 13.0 Å². The predicted octanol–water partition coefficient (Wildman–Crippen LogP) is 4.32. The number of nitrogens with zero attached hydrogens (tertiary/aromatic N) is 3. The predicted molar refractivity (Wildman–Crippen MR) is 118 cm³/mol. The van der Waals surface area contributed by atoms with Crippen LogP contribution in [0.15, 0.2) is 54.6 Å². The molecular formula is C24H25N3O3. The molecule has 0 spiro atoms. The Morgan fingerprint density at radius 1 is 0.967 bits per heavy atom. The normalized spacial score (nSPS) is 14.8. The van der Waals surface area contributed by atoms with Crippen LogP contribution in [0.2, 0.25) is 0 Å². The smallest absolute Gasteiger partial charge is 0.273 e. The molecule has 0 atom stereocenters. The van der Waals surface area contributed by atoms with Gasteiger partial charge in [-0.25, -0.2) is 0 Å². The van der Waals surface area contributed by atoms with Crippen LogP contribution < -0.4 is 0 Å². The lowest BCUT2D eigenvalue weighted by Gasteiger charge is -2.35. The number of nitro benzene ring substituents is 1. The topological polar surface area (TPSA) is 66.7 Å². The molecule has 1 heterocycles. The molecule has 0 N–H and O–H groups in total. The standard InChI is InChI=1S/C24H25N3O3/c1-17-14-18(2)23(27(29)30)15-22(17)24(28)26-12-10-25(11-13-26)16-20-8-5-7-19-6-3-4-9-21(19)20/h3-9,14-15H,10-13,16H2,1-2H3. The Labute approximate surface area is 175 Å². The SMILES string of the molecule is Cc1cc(C)c([N+](=O)[O-])cc1C(=O)N1CCN(Cc2cccc3ccccc23)CC1. The summed E-state index contributed by atoms with van der Waals surface area (Å²) in [6, 6.07) is 17.9. The Bertz CT molecular complexity index is 1110. The summed E-state index contributed by atoms with van der Waals surface area (Å²) in [5.74, 6) is -0.125. The molecule has 6 heteroatoms. The van der Waals surface area contributed by atoms with Crippen molar-refractivity contribution < 1.29 is 9.72 Å². The van der Waals surface area contributed by atoms with E-state index in [9.17, 15) is 14.9 Å². The summed E-state index contributed by atoms with van der Waals surface area (Å²) in [7, 11) is 0. The lowest BCUT2D eigenvalue weighted by Crippen LogP contribution is -2.48. The molecular weight excluding hydrogens is 378 g/mol. The van der Waals surface area contributed by atoms with Crippen LogP contribution in [0.5, 0.6) is 0 Å². The number of hydrogen-bond donors (Lipinski definition) is 0. The summed E-state index contributed by atoms with van der Waals surface area (Å²) >= 11 is 0. The van der Waals surface area contributed by atoms with Gasteiger partial charge in [0.2, 0.25) is 0 Å². The van der Waals surface area contributed by atoms with Crippen molar-refractivity contribution in [2.75, 3.05) is 26.2 Å². The van der Waals surface area contributed by atoms with Crippen LogP contribution in [0, 0.1) is 24.0 Å². The van der Waals surface area contributed by atoms with Crippen LogP contribution in [0.3, 0.4) is 0 Å². The summed E-state index contributed by atoms with van der Waals surface area (Å²) in [4.78, 5) is 28.0. The minimum Gasteiger partial charge on any atom is -0.336 e. The molecule has 1 aliphatic rings. The Balaban J connectivity index is 1.45. The first kappa shape index (κ1) is 20.0. The molecule has 1 amide bonds. The van der Waals surface area contributed by atoms with Gasteiger partial charge in [0.15, 0.2) is 0 Å². The van der Waals surface area contributed by atoms with E-state index in [1.54, 1.807) is 17.9 Å². The fraction of sp³-hybridized carbons (Fsp3) is 0.292. The third-order valence-corrected chi connectivity index (χ3v) is 5.90. The number of hydrogen-bond acceptors (Lipinski definition) is 4. The first-order chi connectivity index (χ1) is 14.4. The fourth-order valence-electron chi connectivity index (χ4n) is 4.22. The molecule has 0 aromatic heterocycles. The van der Waals surface area contributed by atoms with E-state index < -0.39 is 4.92 Å². The highest BCUT2D eigenvalue weighted by molar-refractivity contribution is 5.96. The second-order valence-corrected chi connectivity index (χ2v) is 7.92. The highest BCUT2D eigenvalue weighted by Crippen LogP contribution is 2.25. The van der Waals surface area contributed by atoms with Crippen LogP contribution >= 0.6 is 0 Å². The average Bonchev–Trinajstić information content (AvgIpc) is 2.74. The van der Waals surface area contributed by atoms with E-state index in [1.165, 1.54) is 22.4 Å². The number of piperazine rings is 1. The van der Waals surface area contributed by atoms with Crippen LogP contribution in [0.4, 0.5) is 5.69 Å². The number of carbonyl (C=O) groups excluding carboxylic acids is 1. The van der Waals surface area contributed by atoms with Crippen LogP contribution in [0.25, 0.3) is 10.8 Å². The number of aryl methyl sites for hydroxylation is 2. The number of carbonyl (C=O) groups is 1. The molecule has 1 aliphatic heterocycles. The summed E-state index contributed by atoms with van der Waals surface area (Å²) in [6.45, 7) is 7.17. The number of nitro groups is 1. The zero-order valence-corrected chi connectivity index (χ0v) is 17.3. The quantitative estimate of drug-likeness (QED) is 0.481. The minimum atomic E-state index is -0.423. The number of rotatable bonds is 4. The van der Waals surface area contributed by atoms with E-state index >= 15 is 0 Å². The van der Waals surface area contributed by atoms with Crippen molar-refractivity contribution >= 4 is 22.4 Å². The first-order valence-electron chi connectivity index (χ1n) is 10.2. The molecule has 0 aliphatic carbocycles. The molecule has 4 rings (SSSR count). The summed E-state index contributed by atoms with van der Waals surface area (Å²) < 4.78 is 0. The summed E-state index contributed by atoms with van der Waals surface area (Å²) in [5.41, 5.74) is 3.07. The highest BCUT2D eigenvalue weighted by Gasteiger charge is 2.25. The number of benzene rings is 3. The zero-order valence-electron chi connectivity index (χ0n) is 17.3. The van der Waals surface area contributed by atoms with E-state index in [-0.39, 0.29) is 11.6 Å².